The first-order chi connectivity index (χ1) is 14.8. The molecule has 6 N–H and O–H groups in total. The van der Waals surface area contributed by atoms with Gasteiger partial charge < -0.3 is 40.1 Å². The van der Waals surface area contributed by atoms with Gasteiger partial charge in [-0.15, -0.1) is 6.58 Å². The van der Waals surface area contributed by atoms with Gasteiger partial charge in [0.15, 0.2) is 5.60 Å². The van der Waals surface area contributed by atoms with Crippen LogP contribution in [-0.2, 0) is 11.2 Å². The third kappa shape index (κ3) is 4.52. The number of rotatable bonds is 10. The van der Waals surface area contributed by atoms with Gasteiger partial charge in [0.05, 0.1) is 6.10 Å². The van der Waals surface area contributed by atoms with Gasteiger partial charge in [-0.05, 0) is 62.1 Å². The van der Waals surface area contributed by atoms with E-state index in [-0.39, 0.29) is 32.5 Å². The standard InChI is InChI=1S/C23H34O8/c1-2-4-15-6-8-17(9-7-15)30-21-23(29)16(11-14-25)10-12-22(28,20(23)27)19(31-21)18(26)5-3-13-24/h2,6-9,16,18-21,24-29H,1,3-5,10-14H2/t16-,18+,19-,20+,21-,22-,23+/m1/s1. The molecule has 1 saturated carbocycles. The second kappa shape index (κ2) is 9.95. The van der Waals surface area contributed by atoms with Crippen molar-refractivity contribution in [3.05, 3.63) is 42.5 Å². The fraction of sp³-hybridized carbons (Fsp3) is 0.652. The van der Waals surface area contributed by atoms with Crippen LogP contribution in [0.3, 0.4) is 0 Å². The molecule has 0 spiro atoms. The number of aliphatic hydroxyl groups excluding tert-OH is 4. The zero-order valence-corrected chi connectivity index (χ0v) is 17.6. The van der Waals surface area contributed by atoms with Gasteiger partial charge in [0.2, 0.25) is 6.29 Å². The van der Waals surface area contributed by atoms with E-state index < -0.39 is 41.7 Å². The Hall–Kier alpha value is -1.52. The van der Waals surface area contributed by atoms with Gasteiger partial charge in [-0.1, -0.05) is 18.2 Å². The van der Waals surface area contributed by atoms with Crippen molar-refractivity contribution >= 4 is 0 Å². The summed E-state index contributed by atoms with van der Waals surface area (Å²) in [6.45, 7) is 3.37. The zero-order chi connectivity index (χ0) is 22.6. The lowest BCUT2D eigenvalue weighted by atomic mass is 9.60. The van der Waals surface area contributed by atoms with Crippen LogP contribution in [0.2, 0.25) is 0 Å². The van der Waals surface area contributed by atoms with Crippen LogP contribution >= 0.6 is 0 Å². The predicted octanol–water partition coefficient (Wildman–Crippen LogP) is 0.268. The van der Waals surface area contributed by atoms with E-state index in [4.69, 9.17) is 14.6 Å². The summed E-state index contributed by atoms with van der Waals surface area (Å²) in [5, 5.41) is 63.1. The Morgan fingerprint density at radius 3 is 2.52 bits per heavy atom. The lowest BCUT2D eigenvalue weighted by Crippen LogP contribution is -2.79. The largest absolute Gasteiger partial charge is 0.462 e. The van der Waals surface area contributed by atoms with Crippen LogP contribution in [0.15, 0.2) is 36.9 Å². The van der Waals surface area contributed by atoms with E-state index in [9.17, 15) is 25.5 Å². The summed E-state index contributed by atoms with van der Waals surface area (Å²) >= 11 is 0. The Morgan fingerprint density at radius 1 is 1.19 bits per heavy atom. The first-order valence-corrected chi connectivity index (χ1v) is 10.9. The maximum Gasteiger partial charge on any atom is 0.232 e. The molecule has 0 amide bonds. The van der Waals surface area contributed by atoms with Crippen LogP contribution in [0.25, 0.3) is 0 Å². The quantitative estimate of drug-likeness (QED) is 0.286. The number of hydrogen-bond acceptors (Lipinski definition) is 8. The molecule has 1 heterocycles. The van der Waals surface area contributed by atoms with Crippen molar-refractivity contribution in [1.82, 2.24) is 0 Å². The maximum atomic E-state index is 11.6. The molecule has 1 saturated heterocycles. The van der Waals surface area contributed by atoms with Crippen molar-refractivity contribution in [2.24, 2.45) is 5.92 Å². The molecule has 31 heavy (non-hydrogen) atoms. The molecule has 0 radical (unpaired) electrons. The van der Waals surface area contributed by atoms with Gasteiger partial charge >= 0.3 is 0 Å². The third-order valence-electron chi connectivity index (χ3n) is 6.63. The highest BCUT2D eigenvalue weighted by atomic mass is 16.7. The van der Waals surface area contributed by atoms with E-state index in [1.807, 2.05) is 12.1 Å². The summed E-state index contributed by atoms with van der Waals surface area (Å²) in [5.74, 6) is -0.186. The highest BCUT2D eigenvalue weighted by Crippen LogP contribution is 2.51. The topological polar surface area (TPSA) is 140 Å². The van der Waals surface area contributed by atoms with E-state index >= 15 is 0 Å². The molecule has 1 aromatic carbocycles. The second-order valence-corrected chi connectivity index (χ2v) is 8.61. The number of aliphatic hydroxyl groups is 6. The molecule has 174 valence electrons. The van der Waals surface area contributed by atoms with E-state index in [2.05, 4.69) is 6.58 Å². The van der Waals surface area contributed by atoms with Crippen molar-refractivity contribution in [1.29, 1.82) is 0 Å². The molecule has 1 aliphatic heterocycles. The molecule has 7 atom stereocenters. The van der Waals surface area contributed by atoms with Gasteiger partial charge in [0, 0.05) is 13.2 Å². The highest BCUT2D eigenvalue weighted by molar-refractivity contribution is 5.29. The number of ether oxygens (including phenoxy) is 2. The molecule has 2 bridgehead atoms. The van der Waals surface area contributed by atoms with Crippen LogP contribution in [0.5, 0.6) is 5.75 Å². The van der Waals surface area contributed by atoms with Crippen molar-refractivity contribution < 1.29 is 40.1 Å². The first-order valence-electron chi connectivity index (χ1n) is 10.9. The summed E-state index contributed by atoms with van der Waals surface area (Å²) < 4.78 is 11.9. The van der Waals surface area contributed by atoms with E-state index in [1.165, 1.54) is 0 Å². The smallest absolute Gasteiger partial charge is 0.232 e. The average Bonchev–Trinajstić information content (AvgIpc) is 2.76. The van der Waals surface area contributed by atoms with Gasteiger partial charge in [-0.3, -0.25) is 0 Å². The Kier molecular flexibility index (Phi) is 7.75. The third-order valence-corrected chi connectivity index (χ3v) is 6.63. The molecule has 0 aromatic heterocycles. The fourth-order valence-electron chi connectivity index (χ4n) is 4.90. The molecule has 8 heteroatoms. The van der Waals surface area contributed by atoms with Gasteiger partial charge in [-0.2, -0.15) is 0 Å². The average molecular weight is 439 g/mol. The first kappa shape index (κ1) is 24.1. The van der Waals surface area contributed by atoms with E-state index in [1.54, 1.807) is 18.2 Å². The van der Waals surface area contributed by atoms with E-state index in [0.717, 1.165) is 5.56 Å². The van der Waals surface area contributed by atoms with E-state index in [0.29, 0.717) is 25.0 Å². The lowest BCUT2D eigenvalue weighted by Gasteiger charge is -2.60. The Labute approximate surface area is 182 Å². The maximum absolute atomic E-state index is 11.6. The molecule has 1 aromatic rings. The fourth-order valence-corrected chi connectivity index (χ4v) is 4.90. The second-order valence-electron chi connectivity index (χ2n) is 8.61. The van der Waals surface area contributed by atoms with Crippen LogP contribution in [0.1, 0.15) is 37.7 Å². The van der Waals surface area contributed by atoms with Crippen LogP contribution in [0, 0.1) is 5.92 Å². The summed E-state index contributed by atoms with van der Waals surface area (Å²) in [6.07, 6.45) is -1.91. The minimum atomic E-state index is -1.98. The highest BCUT2D eigenvalue weighted by Gasteiger charge is 2.69. The number of allylic oxidation sites excluding steroid dienone is 1. The number of fused-ring (bicyclic) bond motifs is 2. The molecule has 3 rings (SSSR count). The van der Waals surface area contributed by atoms with Crippen molar-refractivity contribution in [2.45, 2.75) is 74.3 Å². The molecular formula is C23H34O8. The molecule has 8 nitrogen and oxygen atoms in total. The SMILES string of the molecule is C=CCc1ccc(O[C@@H]2O[C@H]([C@@H](O)CCCO)[C@]3(O)CC[C@H](CCO)[C@]2(O)[C@H]3O)cc1. The zero-order valence-electron chi connectivity index (χ0n) is 17.6. The molecular weight excluding hydrogens is 404 g/mol. The normalized spacial score (nSPS) is 36.1. The monoisotopic (exact) mass is 438 g/mol. The lowest BCUT2D eigenvalue weighted by molar-refractivity contribution is -0.387. The molecule has 2 aliphatic rings. The Bertz CT molecular complexity index is 721. The molecule has 1 aliphatic carbocycles. The van der Waals surface area contributed by atoms with Crippen LogP contribution in [-0.4, -0.2) is 79.7 Å². The molecule has 0 unspecified atom stereocenters. The van der Waals surface area contributed by atoms with Crippen molar-refractivity contribution in [2.75, 3.05) is 13.2 Å². The number of benzene rings is 1. The number of hydrogen-bond donors (Lipinski definition) is 6. The van der Waals surface area contributed by atoms with Crippen LogP contribution < -0.4 is 4.74 Å². The van der Waals surface area contributed by atoms with Gasteiger partial charge in [0.1, 0.15) is 23.6 Å². The minimum Gasteiger partial charge on any atom is -0.462 e. The predicted molar refractivity (Wildman–Crippen MR) is 112 cm³/mol. The van der Waals surface area contributed by atoms with Gasteiger partial charge in [0.25, 0.3) is 0 Å². The summed E-state index contributed by atoms with van der Waals surface area (Å²) in [7, 11) is 0. The molecule has 2 fully saturated rings. The summed E-state index contributed by atoms with van der Waals surface area (Å²) in [6, 6.07) is 7.10. The van der Waals surface area contributed by atoms with Crippen molar-refractivity contribution in [3.8, 4) is 5.75 Å². The van der Waals surface area contributed by atoms with Crippen molar-refractivity contribution in [3.63, 3.8) is 0 Å². The van der Waals surface area contributed by atoms with Gasteiger partial charge in [-0.25, -0.2) is 0 Å². The minimum absolute atomic E-state index is 0.0883. The van der Waals surface area contributed by atoms with Crippen LogP contribution in [0.4, 0.5) is 0 Å². The summed E-state index contributed by atoms with van der Waals surface area (Å²) in [5.41, 5.74) is -2.85. The summed E-state index contributed by atoms with van der Waals surface area (Å²) in [4.78, 5) is 0. The Morgan fingerprint density at radius 2 is 1.90 bits per heavy atom. The Balaban J connectivity index is 1.92.